The molecule has 0 N–H and O–H groups in total. The topological polar surface area (TPSA) is 82.1 Å². The van der Waals surface area contributed by atoms with Crippen molar-refractivity contribution in [3.05, 3.63) is 65.7 Å². The monoisotopic (exact) mass is 385 g/mol. The molecule has 0 radical (unpaired) electrons. The van der Waals surface area contributed by atoms with Gasteiger partial charge in [-0.25, -0.2) is 0 Å². The average Bonchev–Trinajstić information content (AvgIpc) is 2.72. The van der Waals surface area contributed by atoms with Gasteiger partial charge in [0.1, 0.15) is 18.8 Å². The van der Waals surface area contributed by atoms with Crippen LogP contribution in [0.5, 0.6) is 5.75 Å². The van der Waals surface area contributed by atoms with E-state index >= 15 is 0 Å². The lowest BCUT2D eigenvalue weighted by Gasteiger charge is -2.20. The number of nitrogens with zero attached hydrogens (tertiary/aromatic N) is 1. The minimum absolute atomic E-state index is 0.320. The van der Waals surface area contributed by atoms with Gasteiger partial charge in [0.2, 0.25) is 0 Å². The predicted octanol–water partition coefficient (Wildman–Crippen LogP) is 1.83. The summed E-state index contributed by atoms with van der Waals surface area (Å²) in [5, 5.41) is 0. The molecule has 0 saturated carbocycles. The third-order valence-electron chi connectivity index (χ3n) is 4.01. The first-order chi connectivity index (χ1) is 13.5. The molecule has 0 aliphatic heterocycles. The van der Waals surface area contributed by atoms with Gasteiger partial charge in [-0.15, -0.1) is 0 Å². The highest BCUT2D eigenvalue weighted by atomic mass is 16.5. The van der Waals surface area contributed by atoms with Crippen LogP contribution in [0.2, 0.25) is 0 Å². The van der Waals surface area contributed by atoms with Crippen molar-refractivity contribution in [1.82, 2.24) is 4.90 Å². The quantitative estimate of drug-likeness (QED) is 0.613. The third-order valence-corrected chi connectivity index (χ3v) is 4.01. The van der Waals surface area contributed by atoms with Crippen LogP contribution in [0.1, 0.15) is 11.1 Å². The van der Waals surface area contributed by atoms with Crippen molar-refractivity contribution in [2.24, 2.45) is 0 Å². The molecule has 28 heavy (non-hydrogen) atoms. The SMILES string of the molecule is COC(=O)CN(CC(=O)OC)C(=O)COc1ccccc1Cc1ccccc1. The van der Waals surface area contributed by atoms with Gasteiger partial charge in [-0.3, -0.25) is 14.4 Å². The average molecular weight is 385 g/mol. The van der Waals surface area contributed by atoms with Crippen molar-refractivity contribution >= 4 is 17.8 Å². The maximum Gasteiger partial charge on any atom is 0.325 e. The van der Waals surface area contributed by atoms with Crippen molar-refractivity contribution in [3.63, 3.8) is 0 Å². The Balaban J connectivity index is 2.05. The van der Waals surface area contributed by atoms with Crippen LogP contribution in [0.3, 0.4) is 0 Å². The second-order valence-electron chi connectivity index (χ2n) is 5.96. The zero-order valence-electron chi connectivity index (χ0n) is 15.9. The second-order valence-corrected chi connectivity index (χ2v) is 5.96. The second kappa shape index (κ2) is 10.7. The molecular formula is C21H23NO6. The van der Waals surface area contributed by atoms with Crippen molar-refractivity contribution in [3.8, 4) is 5.75 Å². The zero-order chi connectivity index (χ0) is 20.4. The summed E-state index contributed by atoms with van der Waals surface area (Å²) in [6, 6.07) is 17.3. The lowest BCUT2D eigenvalue weighted by molar-refractivity contribution is -0.152. The molecule has 0 heterocycles. The molecule has 1 amide bonds. The van der Waals surface area contributed by atoms with Crippen molar-refractivity contribution < 1.29 is 28.6 Å². The lowest BCUT2D eigenvalue weighted by Crippen LogP contribution is -2.42. The Kier molecular flexibility index (Phi) is 8.02. The lowest BCUT2D eigenvalue weighted by atomic mass is 10.0. The van der Waals surface area contributed by atoms with Gasteiger partial charge in [-0.1, -0.05) is 48.5 Å². The number of rotatable bonds is 9. The molecule has 2 aromatic carbocycles. The molecule has 0 atom stereocenters. The first-order valence-corrected chi connectivity index (χ1v) is 8.69. The summed E-state index contributed by atoms with van der Waals surface area (Å²) in [6.07, 6.45) is 0.652. The van der Waals surface area contributed by atoms with E-state index in [9.17, 15) is 14.4 Å². The van der Waals surface area contributed by atoms with E-state index in [2.05, 4.69) is 9.47 Å². The Morgan fingerprint density at radius 3 is 2.00 bits per heavy atom. The van der Waals surface area contributed by atoms with Crippen LogP contribution in [0, 0.1) is 0 Å². The maximum atomic E-state index is 12.5. The fourth-order valence-corrected chi connectivity index (χ4v) is 2.51. The molecule has 0 aromatic heterocycles. The zero-order valence-corrected chi connectivity index (χ0v) is 15.9. The number of hydrogen-bond acceptors (Lipinski definition) is 6. The molecule has 0 spiro atoms. The fourth-order valence-electron chi connectivity index (χ4n) is 2.51. The van der Waals surface area contributed by atoms with E-state index in [1.807, 2.05) is 48.5 Å². The van der Waals surface area contributed by atoms with Crippen molar-refractivity contribution in [2.45, 2.75) is 6.42 Å². The van der Waals surface area contributed by atoms with Gasteiger partial charge < -0.3 is 19.1 Å². The first kappa shape index (κ1) is 21.0. The van der Waals surface area contributed by atoms with Crippen LogP contribution in [-0.4, -0.2) is 56.7 Å². The van der Waals surface area contributed by atoms with E-state index in [4.69, 9.17) is 4.74 Å². The largest absolute Gasteiger partial charge is 0.483 e. The van der Waals surface area contributed by atoms with Gasteiger partial charge in [0, 0.05) is 6.42 Å². The van der Waals surface area contributed by atoms with E-state index in [0.717, 1.165) is 16.0 Å². The molecule has 2 aromatic rings. The highest BCUT2D eigenvalue weighted by molar-refractivity contribution is 5.86. The van der Waals surface area contributed by atoms with E-state index in [1.165, 1.54) is 14.2 Å². The van der Waals surface area contributed by atoms with Crippen LogP contribution >= 0.6 is 0 Å². The fraction of sp³-hybridized carbons (Fsp3) is 0.286. The normalized spacial score (nSPS) is 10.1. The Labute approximate surface area is 163 Å². The number of para-hydroxylation sites is 1. The van der Waals surface area contributed by atoms with Gasteiger partial charge in [0.05, 0.1) is 14.2 Å². The number of benzene rings is 2. The molecule has 0 bridgehead atoms. The van der Waals surface area contributed by atoms with Gasteiger partial charge in [0.25, 0.3) is 5.91 Å². The molecule has 0 saturated heterocycles. The number of carbonyl (C=O) groups excluding carboxylic acids is 3. The van der Waals surface area contributed by atoms with Crippen LogP contribution in [0.25, 0.3) is 0 Å². The van der Waals surface area contributed by atoms with Crippen LogP contribution in [0.4, 0.5) is 0 Å². The summed E-state index contributed by atoms with van der Waals surface area (Å²) in [5.74, 6) is -1.23. The Morgan fingerprint density at radius 2 is 1.39 bits per heavy atom. The van der Waals surface area contributed by atoms with E-state index < -0.39 is 17.8 Å². The maximum absolute atomic E-state index is 12.5. The van der Waals surface area contributed by atoms with E-state index in [0.29, 0.717) is 12.2 Å². The highest BCUT2D eigenvalue weighted by Gasteiger charge is 2.21. The minimum atomic E-state index is -0.637. The molecule has 0 unspecified atom stereocenters. The number of ether oxygens (including phenoxy) is 3. The first-order valence-electron chi connectivity index (χ1n) is 8.69. The van der Waals surface area contributed by atoms with Crippen LogP contribution in [0.15, 0.2) is 54.6 Å². The number of esters is 2. The number of carbonyl (C=O) groups is 3. The highest BCUT2D eigenvalue weighted by Crippen LogP contribution is 2.21. The van der Waals surface area contributed by atoms with Gasteiger partial charge >= 0.3 is 11.9 Å². The van der Waals surface area contributed by atoms with E-state index in [1.54, 1.807) is 6.07 Å². The molecule has 7 nitrogen and oxygen atoms in total. The summed E-state index contributed by atoms with van der Waals surface area (Å²) >= 11 is 0. The molecule has 0 fully saturated rings. The number of methoxy groups -OCH3 is 2. The third kappa shape index (κ3) is 6.42. The standard InChI is InChI=1S/C21H23NO6/c1-26-20(24)13-22(14-21(25)27-2)19(23)15-28-18-11-7-6-10-17(18)12-16-8-4-3-5-9-16/h3-11H,12-15H2,1-2H3. The van der Waals surface area contributed by atoms with Crippen LogP contribution in [-0.2, 0) is 30.3 Å². The summed E-state index contributed by atoms with van der Waals surface area (Å²) in [4.78, 5) is 36.6. The summed E-state index contributed by atoms with van der Waals surface area (Å²) in [6.45, 7) is -1.04. The van der Waals surface area contributed by atoms with E-state index in [-0.39, 0.29) is 19.7 Å². The summed E-state index contributed by atoms with van der Waals surface area (Å²) in [5.41, 5.74) is 2.04. The summed E-state index contributed by atoms with van der Waals surface area (Å²) < 4.78 is 14.8. The van der Waals surface area contributed by atoms with Crippen molar-refractivity contribution in [1.29, 1.82) is 0 Å². The molecule has 0 aliphatic rings. The Hall–Kier alpha value is -3.35. The molecule has 2 rings (SSSR count). The number of amides is 1. The van der Waals surface area contributed by atoms with Crippen LogP contribution < -0.4 is 4.74 Å². The Bertz CT molecular complexity index is 788. The summed E-state index contributed by atoms with van der Waals surface area (Å²) in [7, 11) is 2.42. The number of hydrogen-bond donors (Lipinski definition) is 0. The molecule has 148 valence electrons. The van der Waals surface area contributed by atoms with Gasteiger partial charge in [-0.2, -0.15) is 0 Å². The molecule has 7 heteroatoms. The Morgan fingerprint density at radius 1 is 0.821 bits per heavy atom. The molecular weight excluding hydrogens is 362 g/mol. The van der Waals surface area contributed by atoms with Gasteiger partial charge in [0.15, 0.2) is 6.61 Å². The minimum Gasteiger partial charge on any atom is -0.483 e. The van der Waals surface area contributed by atoms with Gasteiger partial charge in [-0.05, 0) is 17.2 Å². The predicted molar refractivity (Wildman–Crippen MR) is 102 cm³/mol. The van der Waals surface area contributed by atoms with Crippen molar-refractivity contribution in [2.75, 3.05) is 33.9 Å². The smallest absolute Gasteiger partial charge is 0.325 e. The molecule has 0 aliphatic carbocycles.